The molecule has 3 aromatic rings. The number of anilines is 3. The maximum atomic E-state index is 9.90. The SMILES string of the molecule is CC1(c2nc(-c3cc(N4CCNCC4)cc(N4CCN(C5CCOCC5)CC4)n3)no2)CCCc2sc(N)c(C#N)c21. The van der Waals surface area contributed by atoms with Gasteiger partial charge in [0.2, 0.25) is 11.7 Å². The maximum absolute atomic E-state index is 9.90. The van der Waals surface area contributed by atoms with E-state index in [1.165, 1.54) is 11.3 Å². The normalized spacial score (nSPS) is 24.0. The van der Waals surface area contributed by atoms with Crippen LogP contribution in [0.2, 0.25) is 0 Å². The third-order valence-electron chi connectivity index (χ3n) is 9.50. The zero-order valence-electron chi connectivity index (χ0n) is 24.3. The molecule has 12 heteroatoms. The fourth-order valence-corrected chi connectivity index (χ4v) is 8.30. The van der Waals surface area contributed by atoms with Gasteiger partial charge in [0.25, 0.3) is 0 Å². The van der Waals surface area contributed by atoms with Gasteiger partial charge in [0.1, 0.15) is 22.6 Å². The van der Waals surface area contributed by atoms with Crippen LogP contribution in [0.3, 0.4) is 0 Å². The van der Waals surface area contributed by atoms with Crippen LogP contribution in [-0.4, -0.2) is 91.6 Å². The Kier molecular flexibility index (Phi) is 7.52. The minimum absolute atomic E-state index is 0.485. The van der Waals surface area contributed by atoms with E-state index >= 15 is 0 Å². The maximum Gasteiger partial charge on any atom is 0.237 e. The smallest absolute Gasteiger partial charge is 0.237 e. The van der Waals surface area contributed by atoms with Crippen LogP contribution < -0.4 is 20.9 Å². The van der Waals surface area contributed by atoms with Gasteiger partial charge in [0.15, 0.2) is 0 Å². The molecule has 1 aliphatic carbocycles. The van der Waals surface area contributed by atoms with Crippen molar-refractivity contribution in [1.29, 1.82) is 5.26 Å². The number of piperazine rings is 2. The lowest BCUT2D eigenvalue weighted by atomic mass is 9.72. The monoisotopic (exact) mass is 589 g/mol. The first-order valence-electron chi connectivity index (χ1n) is 15.2. The average Bonchev–Trinajstić information content (AvgIpc) is 3.68. The number of rotatable bonds is 5. The number of hydrogen-bond donors (Lipinski definition) is 2. The molecule has 1 atom stereocenters. The number of nitriles is 1. The van der Waals surface area contributed by atoms with E-state index in [9.17, 15) is 5.26 Å². The molecule has 7 rings (SSSR count). The fraction of sp³-hybridized carbons (Fsp3) is 0.600. The van der Waals surface area contributed by atoms with Crippen molar-refractivity contribution in [2.75, 3.05) is 81.1 Å². The molecule has 0 spiro atoms. The van der Waals surface area contributed by atoms with Gasteiger partial charge in [-0.05, 0) is 45.1 Å². The number of nitrogen functional groups attached to an aromatic ring is 1. The molecule has 3 aromatic heterocycles. The van der Waals surface area contributed by atoms with Gasteiger partial charge in [-0.3, -0.25) is 4.90 Å². The van der Waals surface area contributed by atoms with Gasteiger partial charge < -0.3 is 30.1 Å². The van der Waals surface area contributed by atoms with Crippen molar-refractivity contribution < 1.29 is 9.26 Å². The van der Waals surface area contributed by atoms with Crippen LogP contribution in [0.15, 0.2) is 16.7 Å². The van der Waals surface area contributed by atoms with Crippen LogP contribution in [0.1, 0.15) is 54.5 Å². The third kappa shape index (κ3) is 5.02. The average molecular weight is 590 g/mol. The number of pyridine rings is 1. The van der Waals surface area contributed by atoms with E-state index in [0.29, 0.717) is 34.0 Å². The molecular weight excluding hydrogens is 550 g/mol. The highest BCUT2D eigenvalue weighted by molar-refractivity contribution is 7.16. The molecule has 222 valence electrons. The van der Waals surface area contributed by atoms with Crippen LogP contribution in [0.25, 0.3) is 11.5 Å². The Morgan fingerprint density at radius 3 is 2.62 bits per heavy atom. The van der Waals surface area contributed by atoms with E-state index in [2.05, 4.69) is 50.3 Å². The first-order chi connectivity index (χ1) is 20.5. The largest absolute Gasteiger partial charge is 0.389 e. The molecule has 0 aromatic carbocycles. The molecule has 11 nitrogen and oxygen atoms in total. The predicted octanol–water partition coefficient (Wildman–Crippen LogP) is 3.00. The first kappa shape index (κ1) is 27.6. The van der Waals surface area contributed by atoms with E-state index in [0.717, 1.165) is 120 Å². The summed E-state index contributed by atoms with van der Waals surface area (Å²) >= 11 is 1.51. The van der Waals surface area contributed by atoms with Gasteiger partial charge in [0, 0.05) is 93.8 Å². The summed E-state index contributed by atoms with van der Waals surface area (Å²) in [5.74, 6) is 1.97. The van der Waals surface area contributed by atoms with Crippen molar-refractivity contribution in [1.82, 2.24) is 25.3 Å². The number of aromatic nitrogens is 3. The Morgan fingerprint density at radius 1 is 1.07 bits per heavy atom. The lowest BCUT2D eigenvalue weighted by molar-refractivity contribution is 0.0321. The van der Waals surface area contributed by atoms with Gasteiger partial charge in [-0.25, -0.2) is 4.98 Å². The Balaban J connectivity index is 1.20. The van der Waals surface area contributed by atoms with E-state index in [1.807, 2.05) is 0 Å². The Hall–Kier alpha value is -3.24. The number of thiophene rings is 1. The summed E-state index contributed by atoms with van der Waals surface area (Å²) in [7, 11) is 0. The minimum Gasteiger partial charge on any atom is -0.389 e. The highest BCUT2D eigenvalue weighted by atomic mass is 32.1. The lowest BCUT2D eigenvalue weighted by Gasteiger charge is -2.41. The molecule has 3 aliphatic heterocycles. The van der Waals surface area contributed by atoms with E-state index in [4.69, 9.17) is 25.0 Å². The van der Waals surface area contributed by atoms with Crippen molar-refractivity contribution in [3.8, 4) is 17.6 Å². The van der Waals surface area contributed by atoms with Crippen LogP contribution in [0.5, 0.6) is 0 Å². The van der Waals surface area contributed by atoms with Crippen LogP contribution in [-0.2, 0) is 16.6 Å². The quantitative estimate of drug-likeness (QED) is 0.455. The van der Waals surface area contributed by atoms with Crippen molar-refractivity contribution >= 4 is 27.8 Å². The number of nitrogens with one attached hydrogen (secondary N) is 1. The zero-order chi connectivity index (χ0) is 28.7. The standard InChI is InChI=1S/C30H39N9O2S/c1-30(6-2-3-24-26(30)22(19-31)27(32)42-24)29-35-28(36-41-29)23-17-21(37-9-7-33-8-10-37)18-25(34-23)39-13-11-38(12-14-39)20-4-15-40-16-5-20/h17-18,20,33H,2-16,32H2,1H3. The van der Waals surface area contributed by atoms with Crippen molar-refractivity contribution in [3.05, 3.63) is 34.0 Å². The molecule has 0 bridgehead atoms. The molecular formula is C30H39N9O2S. The van der Waals surface area contributed by atoms with E-state index < -0.39 is 5.41 Å². The molecule has 0 saturated carbocycles. The van der Waals surface area contributed by atoms with E-state index in [1.54, 1.807) is 0 Å². The summed E-state index contributed by atoms with van der Waals surface area (Å²) in [5, 5.41) is 18.4. The molecule has 0 radical (unpaired) electrons. The topological polar surface area (TPSA) is 133 Å². The third-order valence-corrected chi connectivity index (χ3v) is 10.6. The van der Waals surface area contributed by atoms with Crippen LogP contribution in [0, 0.1) is 11.3 Å². The van der Waals surface area contributed by atoms with Gasteiger partial charge in [0.05, 0.1) is 11.0 Å². The second-order valence-electron chi connectivity index (χ2n) is 12.0. The predicted molar refractivity (Wildman–Crippen MR) is 163 cm³/mol. The highest BCUT2D eigenvalue weighted by Gasteiger charge is 2.43. The minimum atomic E-state index is -0.558. The Labute approximate surface area is 250 Å². The lowest BCUT2D eigenvalue weighted by Crippen LogP contribution is -2.52. The summed E-state index contributed by atoms with van der Waals surface area (Å²) in [6, 6.07) is 7.28. The van der Waals surface area contributed by atoms with Crippen LogP contribution in [0.4, 0.5) is 16.5 Å². The van der Waals surface area contributed by atoms with Gasteiger partial charge in [-0.1, -0.05) is 5.16 Å². The van der Waals surface area contributed by atoms with Gasteiger partial charge >= 0.3 is 0 Å². The molecule has 6 heterocycles. The number of nitrogens with zero attached hydrogens (tertiary/aromatic N) is 7. The van der Waals surface area contributed by atoms with Crippen molar-refractivity contribution in [2.24, 2.45) is 0 Å². The summed E-state index contributed by atoms with van der Waals surface area (Å²) in [5.41, 5.74) is 9.06. The van der Waals surface area contributed by atoms with Gasteiger partial charge in [-0.15, -0.1) is 11.3 Å². The van der Waals surface area contributed by atoms with Crippen LogP contribution >= 0.6 is 11.3 Å². The summed E-state index contributed by atoms with van der Waals surface area (Å²) in [6.07, 6.45) is 4.96. The second-order valence-corrected chi connectivity index (χ2v) is 13.2. The fourth-order valence-electron chi connectivity index (χ4n) is 7.11. The summed E-state index contributed by atoms with van der Waals surface area (Å²) < 4.78 is 11.6. The molecule has 42 heavy (non-hydrogen) atoms. The number of hydrogen-bond acceptors (Lipinski definition) is 12. The first-order valence-corrected chi connectivity index (χ1v) is 16.1. The summed E-state index contributed by atoms with van der Waals surface area (Å²) in [6.45, 7) is 11.5. The molecule has 1 unspecified atom stereocenters. The molecule has 3 N–H and O–H groups in total. The number of aryl methyl sites for hydroxylation is 1. The Morgan fingerprint density at radius 2 is 1.86 bits per heavy atom. The molecule has 0 amide bonds. The number of nitrogens with two attached hydrogens (primary N) is 1. The second kappa shape index (κ2) is 11.4. The summed E-state index contributed by atoms with van der Waals surface area (Å²) in [4.78, 5) is 18.6. The Bertz CT molecular complexity index is 1460. The van der Waals surface area contributed by atoms with Crippen molar-refractivity contribution in [2.45, 2.75) is 50.5 Å². The number of fused-ring (bicyclic) bond motifs is 1. The van der Waals surface area contributed by atoms with Crippen molar-refractivity contribution in [3.63, 3.8) is 0 Å². The van der Waals surface area contributed by atoms with E-state index in [-0.39, 0.29) is 0 Å². The molecule has 3 saturated heterocycles. The molecule has 4 aliphatic rings. The zero-order valence-corrected chi connectivity index (χ0v) is 25.1. The molecule has 3 fully saturated rings. The van der Waals surface area contributed by atoms with Gasteiger partial charge in [-0.2, -0.15) is 10.2 Å². The highest BCUT2D eigenvalue weighted by Crippen LogP contribution is 2.48. The number of ether oxygens (including phenoxy) is 1.